The second-order valence-electron chi connectivity index (χ2n) is 5.79. The summed E-state index contributed by atoms with van der Waals surface area (Å²) in [7, 11) is 3.14. The topological polar surface area (TPSA) is 73.3 Å². The van der Waals surface area contributed by atoms with Crippen molar-refractivity contribution < 1.29 is 18.7 Å². The first kappa shape index (κ1) is 20.9. The van der Waals surface area contributed by atoms with Gasteiger partial charge in [-0.15, -0.1) is 10.2 Å². The van der Waals surface area contributed by atoms with Gasteiger partial charge in [-0.25, -0.2) is 4.39 Å². The summed E-state index contributed by atoms with van der Waals surface area (Å²) in [4.78, 5) is 12.0. The van der Waals surface area contributed by atoms with Gasteiger partial charge in [-0.3, -0.25) is 4.79 Å². The lowest BCUT2D eigenvalue weighted by molar-refractivity contribution is -0.113. The van der Waals surface area contributed by atoms with E-state index in [-0.39, 0.29) is 16.7 Å². The molecule has 0 atom stereocenters. The summed E-state index contributed by atoms with van der Waals surface area (Å²) in [5.74, 6) is 0.453. The van der Waals surface area contributed by atoms with Crippen LogP contribution in [0.15, 0.2) is 53.6 Å². The summed E-state index contributed by atoms with van der Waals surface area (Å²) in [6.45, 7) is 0. The van der Waals surface area contributed by atoms with E-state index in [0.717, 1.165) is 5.56 Å². The van der Waals surface area contributed by atoms with Crippen LogP contribution in [0.2, 0.25) is 5.02 Å². The standard InChI is InChI=1S/C20H17ClFN3O3S/c1-27-17-7-3-12(9-18(17)28-2)16-6-8-20(25-24-16)29-11-19(26)23-13-4-5-14(21)15(22)10-13/h3-10H,11H2,1-2H3,(H,23,26). The summed E-state index contributed by atoms with van der Waals surface area (Å²) < 4.78 is 23.9. The highest BCUT2D eigenvalue weighted by Crippen LogP contribution is 2.31. The van der Waals surface area contributed by atoms with Gasteiger partial charge in [0.25, 0.3) is 0 Å². The van der Waals surface area contributed by atoms with Crippen LogP contribution in [0.1, 0.15) is 0 Å². The number of hydrogen-bond donors (Lipinski definition) is 1. The Hall–Kier alpha value is -2.84. The van der Waals surface area contributed by atoms with Crippen LogP contribution >= 0.6 is 23.4 Å². The molecular weight excluding hydrogens is 417 g/mol. The molecule has 3 rings (SSSR count). The van der Waals surface area contributed by atoms with Gasteiger partial charge in [0.1, 0.15) is 10.8 Å². The smallest absolute Gasteiger partial charge is 0.234 e. The van der Waals surface area contributed by atoms with Crippen LogP contribution in [0.5, 0.6) is 11.5 Å². The Morgan fingerprint density at radius 1 is 1.07 bits per heavy atom. The lowest BCUT2D eigenvalue weighted by atomic mass is 10.1. The highest BCUT2D eigenvalue weighted by Gasteiger charge is 2.10. The van der Waals surface area contributed by atoms with Crippen molar-refractivity contribution >= 4 is 35.0 Å². The van der Waals surface area contributed by atoms with Crippen molar-refractivity contribution in [2.75, 3.05) is 25.3 Å². The molecule has 0 radical (unpaired) electrons. The van der Waals surface area contributed by atoms with Crippen LogP contribution in [0.3, 0.4) is 0 Å². The van der Waals surface area contributed by atoms with Crippen molar-refractivity contribution in [3.63, 3.8) is 0 Å². The Labute approximate surface area is 176 Å². The lowest BCUT2D eigenvalue weighted by Crippen LogP contribution is -2.14. The Morgan fingerprint density at radius 2 is 1.86 bits per heavy atom. The lowest BCUT2D eigenvalue weighted by Gasteiger charge is -2.09. The van der Waals surface area contributed by atoms with E-state index >= 15 is 0 Å². The fourth-order valence-corrected chi connectivity index (χ4v) is 3.19. The van der Waals surface area contributed by atoms with Crippen molar-refractivity contribution in [1.82, 2.24) is 10.2 Å². The predicted octanol–water partition coefficient (Wildman–Crippen LogP) is 4.68. The van der Waals surface area contributed by atoms with E-state index in [4.69, 9.17) is 21.1 Å². The van der Waals surface area contributed by atoms with Gasteiger partial charge in [0.05, 0.1) is 30.7 Å². The molecule has 1 heterocycles. The Morgan fingerprint density at radius 3 is 2.52 bits per heavy atom. The third-order valence-electron chi connectivity index (χ3n) is 3.87. The van der Waals surface area contributed by atoms with Gasteiger partial charge in [-0.1, -0.05) is 23.4 Å². The number of amides is 1. The maximum absolute atomic E-state index is 13.4. The number of nitrogens with zero attached hydrogens (tertiary/aromatic N) is 2. The zero-order valence-electron chi connectivity index (χ0n) is 15.6. The quantitative estimate of drug-likeness (QED) is 0.545. The molecule has 29 heavy (non-hydrogen) atoms. The van der Waals surface area contributed by atoms with Crippen LogP contribution < -0.4 is 14.8 Å². The Kier molecular flexibility index (Phi) is 6.90. The summed E-state index contributed by atoms with van der Waals surface area (Å²) in [6.07, 6.45) is 0. The SMILES string of the molecule is COc1ccc(-c2ccc(SCC(=O)Nc3ccc(Cl)c(F)c3)nn2)cc1OC. The van der Waals surface area contributed by atoms with E-state index in [0.29, 0.717) is 27.9 Å². The number of rotatable bonds is 7. The van der Waals surface area contributed by atoms with Crippen molar-refractivity contribution in [1.29, 1.82) is 0 Å². The number of hydrogen-bond acceptors (Lipinski definition) is 6. The van der Waals surface area contributed by atoms with Crippen molar-refractivity contribution in [3.05, 3.63) is 59.4 Å². The number of anilines is 1. The molecular formula is C20H17ClFN3O3S. The number of thioether (sulfide) groups is 1. The number of carbonyl (C=O) groups is 1. The minimum absolute atomic E-state index is 0.00205. The summed E-state index contributed by atoms with van der Waals surface area (Å²) >= 11 is 6.85. The van der Waals surface area contributed by atoms with Gasteiger partial charge in [0, 0.05) is 11.3 Å². The first-order valence-corrected chi connectivity index (χ1v) is 9.80. The van der Waals surface area contributed by atoms with E-state index in [9.17, 15) is 9.18 Å². The molecule has 0 aliphatic heterocycles. The van der Waals surface area contributed by atoms with Crippen LogP contribution in [0.25, 0.3) is 11.3 Å². The normalized spacial score (nSPS) is 10.5. The summed E-state index contributed by atoms with van der Waals surface area (Å²) in [5.41, 5.74) is 1.83. The summed E-state index contributed by atoms with van der Waals surface area (Å²) in [6, 6.07) is 13.1. The minimum Gasteiger partial charge on any atom is -0.493 e. The van der Waals surface area contributed by atoms with Crippen LogP contribution in [-0.4, -0.2) is 36.1 Å². The second kappa shape index (κ2) is 9.58. The average Bonchev–Trinajstić information content (AvgIpc) is 2.74. The van der Waals surface area contributed by atoms with Gasteiger partial charge in [-0.05, 0) is 48.5 Å². The molecule has 0 spiro atoms. The molecule has 2 aromatic carbocycles. The largest absolute Gasteiger partial charge is 0.493 e. The number of halogens is 2. The molecule has 9 heteroatoms. The number of aromatic nitrogens is 2. The molecule has 0 aliphatic carbocycles. The maximum Gasteiger partial charge on any atom is 0.234 e. The molecule has 1 aromatic heterocycles. The fourth-order valence-electron chi connectivity index (χ4n) is 2.46. The summed E-state index contributed by atoms with van der Waals surface area (Å²) in [5, 5.41) is 11.5. The monoisotopic (exact) mass is 433 g/mol. The number of ether oxygens (including phenoxy) is 2. The van der Waals surface area contributed by atoms with Gasteiger partial charge in [0.15, 0.2) is 11.5 Å². The van der Waals surface area contributed by atoms with Crippen LogP contribution in [-0.2, 0) is 4.79 Å². The van der Waals surface area contributed by atoms with Crippen molar-refractivity contribution in [2.45, 2.75) is 5.03 Å². The molecule has 0 unspecified atom stereocenters. The van der Waals surface area contributed by atoms with E-state index < -0.39 is 5.82 Å². The van der Waals surface area contributed by atoms with E-state index in [1.54, 1.807) is 26.4 Å². The first-order valence-electron chi connectivity index (χ1n) is 8.44. The number of benzene rings is 2. The number of methoxy groups -OCH3 is 2. The van der Waals surface area contributed by atoms with Crippen LogP contribution in [0.4, 0.5) is 10.1 Å². The Balaban J connectivity index is 1.60. The molecule has 0 saturated carbocycles. The molecule has 0 saturated heterocycles. The van der Waals surface area contributed by atoms with Gasteiger partial charge >= 0.3 is 0 Å². The van der Waals surface area contributed by atoms with E-state index in [1.165, 1.54) is 30.0 Å². The van der Waals surface area contributed by atoms with E-state index in [2.05, 4.69) is 15.5 Å². The molecule has 0 fully saturated rings. The van der Waals surface area contributed by atoms with Crippen molar-refractivity contribution in [2.24, 2.45) is 0 Å². The number of nitrogens with one attached hydrogen (secondary N) is 1. The van der Waals surface area contributed by atoms with Crippen molar-refractivity contribution in [3.8, 4) is 22.8 Å². The zero-order chi connectivity index (χ0) is 20.8. The molecule has 1 N–H and O–H groups in total. The first-order chi connectivity index (χ1) is 14.0. The molecule has 150 valence electrons. The number of carbonyl (C=O) groups excluding carboxylic acids is 1. The van der Waals surface area contributed by atoms with Gasteiger partial charge in [0.2, 0.25) is 5.91 Å². The Bertz CT molecular complexity index is 1020. The highest BCUT2D eigenvalue weighted by molar-refractivity contribution is 7.99. The highest BCUT2D eigenvalue weighted by atomic mass is 35.5. The molecule has 0 aliphatic rings. The third kappa shape index (κ3) is 5.36. The predicted molar refractivity (Wildman–Crippen MR) is 111 cm³/mol. The molecule has 0 bridgehead atoms. The third-order valence-corrected chi connectivity index (χ3v) is 5.10. The van der Waals surface area contributed by atoms with Gasteiger partial charge < -0.3 is 14.8 Å². The van der Waals surface area contributed by atoms with Crippen LogP contribution in [0, 0.1) is 5.82 Å². The average molecular weight is 434 g/mol. The minimum atomic E-state index is -0.589. The zero-order valence-corrected chi connectivity index (χ0v) is 17.2. The van der Waals surface area contributed by atoms with E-state index in [1.807, 2.05) is 18.2 Å². The maximum atomic E-state index is 13.4. The fraction of sp³-hybridized carbons (Fsp3) is 0.150. The second-order valence-corrected chi connectivity index (χ2v) is 7.20. The molecule has 3 aromatic rings. The van der Waals surface area contributed by atoms with Gasteiger partial charge in [-0.2, -0.15) is 0 Å². The molecule has 1 amide bonds. The molecule has 6 nitrogen and oxygen atoms in total.